The zero-order valence-corrected chi connectivity index (χ0v) is 31.5. The molecule has 0 aliphatic heterocycles. The van der Waals surface area contributed by atoms with Gasteiger partial charge >= 0.3 is 235 Å². The van der Waals surface area contributed by atoms with Crippen molar-refractivity contribution in [3.05, 3.63) is 18.7 Å². The van der Waals surface area contributed by atoms with Crippen LogP contribution in [0, 0.1) is 0 Å². The fourth-order valence-electron chi connectivity index (χ4n) is 5.96. The molecule has 0 spiro atoms. The Morgan fingerprint density at radius 2 is 0.912 bits per heavy atom. The molecule has 0 bridgehead atoms. The summed E-state index contributed by atoms with van der Waals surface area (Å²) in [5.41, 5.74) is 0. The minimum absolute atomic E-state index is 0.645. The number of rotatable bonds is 24. The third kappa shape index (κ3) is 13.9. The summed E-state index contributed by atoms with van der Waals surface area (Å²) in [5, 5.41) is 0. The average molecular weight is 755 g/mol. The van der Waals surface area contributed by atoms with Crippen LogP contribution < -0.4 is 0 Å². The maximum atomic E-state index is 6.19. The van der Waals surface area contributed by atoms with Crippen LogP contribution in [-0.2, 0) is 4.74 Å². The van der Waals surface area contributed by atoms with E-state index in [4.69, 9.17) is 4.74 Å². The van der Waals surface area contributed by atoms with Crippen molar-refractivity contribution >= 4 is 52.7 Å². The predicted octanol–water partition coefficient (Wildman–Crippen LogP) is 11.6. The summed E-state index contributed by atoms with van der Waals surface area (Å²) >= 11 is -1.50. The van der Waals surface area contributed by atoms with Gasteiger partial charge in [-0.3, -0.25) is 0 Å². The number of halogens is 1. The molecular weight excluding hydrogens is 694 g/mol. The van der Waals surface area contributed by atoms with Crippen LogP contribution in [0.4, 0.5) is 0 Å². The van der Waals surface area contributed by atoms with Gasteiger partial charge in [0.05, 0.1) is 0 Å². The molecule has 0 unspecified atom stereocenters. The number of ether oxygens (including phenoxy) is 1. The first-order valence-electron chi connectivity index (χ1n) is 15.0. The van der Waals surface area contributed by atoms with Gasteiger partial charge in [0, 0.05) is 0 Å². The molecule has 0 aliphatic carbocycles. The van der Waals surface area contributed by atoms with E-state index in [-0.39, 0.29) is 0 Å². The van der Waals surface area contributed by atoms with Crippen molar-refractivity contribution in [1.82, 2.24) is 0 Å². The van der Waals surface area contributed by atoms with Gasteiger partial charge in [0.1, 0.15) is 0 Å². The van der Waals surface area contributed by atoms with Gasteiger partial charge in [0.15, 0.2) is 0 Å². The average Bonchev–Trinajstić information content (AvgIpc) is 2.84. The molecule has 0 N–H and O–H groups in total. The molecule has 0 saturated carbocycles. The Hall–Kier alpha value is 1.52. The summed E-state index contributed by atoms with van der Waals surface area (Å²) in [4.78, 5) is 0. The Labute approximate surface area is 232 Å². The van der Waals surface area contributed by atoms with Crippen molar-refractivity contribution in [3.8, 4) is 0 Å². The molecule has 0 aromatic rings. The second kappa shape index (κ2) is 22.5. The fraction of sp³-hybridized carbons (Fsp3) is 0.867. The fourth-order valence-corrected chi connectivity index (χ4v) is 74.7. The quantitative estimate of drug-likeness (QED) is 0.0704. The van der Waals surface area contributed by atoms with Gasteiger partial charge in [-0.25, -0.2) is 0 Å². The summed E-state index contributed by atoms with van der Waals surface area (Å²) in [5.74, 6) is 0. The normalized spacial score (nSPS) is 12.2. The van der Waals surface area contributed by atoms with Gasteiger partial charge in [0.2, 0.25) is 0 Å². The van der Waals surface area contributed by atoms with E-state index in [1.165, 1.54) is 77.0 Å². The zero-order chi connectivity index (χ0) is 25.7. The molecule has 1 nitrogen and oxygen atoms in total. The molecule has 0 atom stereocenters. The van der Waals surface area contributed by atoms with Gasteiger partial charge < -0.3 is 0 Å². The summed E-state index contributed by atoms with van der Waals surface area (Å²) in [6.07, 6.45) is 19.8. The molecule has 0 radical (unpaired) electrons. The van der Waals surface area contributed by atoms with E-state index >= 15 is 0 Å². The molecule has 4 heteroatoms. The molecule has 0 saturated heterocycles. The van der Waals surface area contributed by atoms with E-state index in [1.54, 1.807) is 26.6 Å². The standard InChI is InChI=1S/C6H7BrO.6C4H9.2Sn/c1-3-4-8-5-6(2)7;6*1-3-4-2;;/h3H,2,4-5H2;6*1,3-4H2,2H3;;. The van der Waals surface area contributed by atoms with Crippen molar-refractivity contribution in [2.45, 2.75) is 145 Å². The maximum absolute atomic E-state index is 6.19. The topological polar surface area (TPSA) is 9.23 Å². The first-order valence-corrected chi connectivity index (χ1v) is 30.8. The van der Waals surface area contributed by atoms with Crippen molar-refractivity contribution in [2.75, 3.05) is 13.2 Å². The second-order valence-corrected chi connectivity index (χ2v) is 42.3. The minimum atomic E-state index is -2.50. The van der Waals surface area contributed by atoms with E-state index in [1.807, 2.05) is 0 Å². The van der Waals surface area contributed by atoms with E-state index in [9.17, 15) is 0 Å². The Morgan fingerprint density at radius 1 is 0.618 bits per heavy atom. The van der Waals surface area contributed by atoms with Crippen LogP contribution in [0.5, 0.6) is 0 Å². The van der Waals surface area contributed by atoms with Crippen molar-refractivity contribution in [2.24, 2.45) is 0 Å². The molecular formula is C30H61BrOSn2. The van der Waals surface area contributed by atoms with Gasteiger partial charge in [0.25, 0.3) is 0 Å². The van der Waals surface area contributed by atoms with Crippen LogP contribution in [-0.4, -0.2) is 50.0 Å². The second-order valence-electron chi connectivity index (χ2n) is 10.8. The Morgan fingerprint density at radius 3 is 1.15 bits per heavy atom. The Kier molecular flexibility index (Phi) is 23.5. The molecule has 0 heterocycles. The van der Waals surface area contributed by atoms with E-state index < -0.39 is 36.8 Å². The number of hydrogen-bond donors (Lipinski definition) is 0. The molecule has 0 aliphatic rings. The van der Waals surface area contributed by atoms with Crippen LogP contribution in [0.1, 0.15) is 119 Å². The zero-order valence-electron chi connectivity index (χ0n) is 24.2. The summed E-state index contributed by atoms with van der Waals surface area (Å²) < 4.78 is 19.1. The molecule has 0 amide bonds. The van der Waals surface area contributed by atoms with E-state index in [2.05, 4.69) is 71.7 Å². The number of unbranched alkanes of at least 4 members (excludes halogenated alkanes) is 6. The molecule has 34 heavy (non-hydrogen) atoms. The monoisotopic (exact) mass is 756 g/mol. The van der Waals surface area contributed by atoms with Crippen molar-refractivity contribution in [3.63, 3.8) is 0 Å². The van der Waals surface area contributed by atoms with E-state index in [0.29, 0.717) is 6.61 Å². The van der Waals surface area contributed by atoms with Crippen molar-refractivity contribution in [1.29, 1.82) is 0 Å². The third-order valence-electron chi connectivity index (χ3n) is 7.86. The molecule has 0 aromatic heterocycles. The van der Waals surface area contributed by atoms with Gasteiger partial charge in [-0.2, -0.15) is 0 Å². The predicted molar refractivity (Wildman–Crippen MR) is 167 cm³/mol. The first-order chi connectivity index (χ1) is 16.4. The van der Waals surface area contributed by atoms with Crippen LogP contribution >= 0.6 is 15.9 Å². The summed E-state index contributed by atoms with van der Waals surface area (Å²) in [7, 11) is 0. The third-order valence-corrected chi connectivity index (χ3v) is 58.5. The van der Waals surface area contributed by atoms with Crippen molar-refractivity contribution < 1.29 is 4.74 Å². The molecule has 0 aromatic carbocycles. The molecule has 0 fully saturated rings. The van der Waals surface area contributed by atoms with Crippen LogP contribution in [0.15, 0.2) is 18.7 Å². The van der Waals surface area contributed by atoms with Crippen LogP contribution in [0.3, 0.4) is 0 Å². The molecule has 202 valence electrons. The van der Waals surface area contributed by atoms with E-state index in [0.717, 1.165) is 11.1 Å². The first kappa shape index (κ1) is 35.5. The Bertz CT molecular complexity index is 454. The summed E-state index contributed by atoms with van der Waals surface area (Å²) in [6, 6.07) is 0. The van der Waals surface area contributed by atoms with Crippen LogP contribution in [0.2, 0.25) is 26.6 Å². The SMILES string of the molecule is C=C(Br)COCC=[C]([Sn]([CH2]CCC)([CH2]CCC)[CH2]CCC)[Sn]([CH2]CCC)([CH2]CCC)[CH2]CCC. The van der Waals surface area contributed by atoms with Gasteiger partial charge in [-0.15, -0.1) is 0 Å². The number of hydrogen-bond acceptors (Lipinski definition) is 1. The Balaban J connectivity index is 6.76. The van der Waals surface area contributed by atoms with Gasteiger partial charge in [-0.05, 0) is 0 Å². The summed E-state index contributed by atoms with van der Waals surface area (Å²) in [6.45, 7) is 20.0. The molecule has 0 rings (SSSR count). The van der Waals surface area contributed by atoms with Gasteiger partial charge in [-0.1, -0.05) is 0 Å². The van der Waals surface area contributed by atoms with Crippen LogP contribution in [0.25, 0.3) is 0 Å².